The van der Waals surface area contributed by atoms with Crippen LogP contribution in [0.15, 0.2) is 23.5 Å². The summed E-state index contributed by atoms with van der Waals surface area (Å²) in [6.07, 6.45) is 3.44. The van der Waals surface area contributed by atoms with E-state index in [9.17, 15) is 0 Å². The fraction of sp³-hybridized carbons (Fsp3) is 0. The number of aromatic nitrogens is 5. The molecule has 0 aromatic carbocycles. The van der Waals surface area contributed by atoms with E-state index in [1.165, 1.54) is 0 Å². The zero-order chi connectivity index (χ0) is 7.68. The molecule has 2 aromatic heterocycles. The molecule has 2 heterocycles. The number of aromatic amines is 1. The molecule has 0 bridgehead atoms. The summed E-state index contributed by atoms with van der Waals surface area (Å²) >= 11 is 4.09. The second kappa shape index (κ2) is 2.39. The average molecular weight is 167 g/mol. The van der Waals surface area contributed by atoms with Crippen LogP contribution >= 0.6 is 12.6 Å². The molecule has 0 aliphatic rings. The van der Waals surface area contributed by atoms with Gasteiger partial charge in [-0.3, -0.25) is 0 Å². The molecule has 0 spiro atoms. The van der Waals surface area contributed by atoms with Crippen molar-refractivity contribution in [2.45, 2.75) is 5.03 Å². The minimum absolute atomic E-state index is 0.605. The molecule has 1 N–H and O–H groups in total. The van der Waals surface area contributed by atoms with Gasteiger partial charge in [0, 0.05) is 12.4 Å². The molecule has 2 aromatic rings. The summed E-state index contributed by atoms with van der Waals surface area (Å²) in [6.45, 7) is 0. The molecular formula is C5H5N5S. The van der Waals surface area contributed by atoms with Gasteiger partial charge in [-0.2, -0.15) is 5.10 Å². The Hall–Kier alpha value is -1.30. The third-order valence-electron chi connectivity index (χ3n) is 1.23. The number of rotatable bonds is 1. The highest BCUT2D eigenvalue weighted by molar-refractivity contribution is 7.80. The van der Waals surface area contributed by atoms with E-state index in [-0.39, 0.29) is 0 Å². The monoisotopic (exact) mass is 167 g/mol. The third kappa shape index (κ3) is 1.01. The number of nitrogens with one attached hydrogen (secondary N) is 1. The molecule has 0 atom stereocenters. The van der Waals surface area contributed by atoms with Crippen LogP contribution in [0.3, 0.4) is 0 Å². The van der Waals surface area contributed by atoms with Crippen LogP contribution in [0, 0.1) is 0 Å². The first-order valence-electron chi connectivity index (χ1n) is 2.98. The van der Waals surface area contributed by atoms with Crippen LogP contribution in [-0.4, -0.2) is 25.2 Å². The second-order valence-electron chi connectivity index (χ2n) is 1.93. The Morgan fingerprint density at radius 3 is 3.00 bits per heavy atom. The van der Waals surface area contributed by atoms with Crippen LogP contribution in [-0.2, 0) is 0 Å². The van der Waals surface area contributed by atoms with Gasteiger partial charge in [0.2, 0.25) is 5.82 Å². The van der Waals surface area contributed by atoms with Gasteiger partial charge in [0.05, 0.1) is 0 Å². The van der Waals surface area contributed by atoms with Gasteiger partial charge >= 0.3 is 0 Å². The lowest BCUT2D eigenvalue weighted by atomic mass is 10.7. The van der Waals surface area contributed by atoms with Crippen molar-refractivity contribution in [1.29, 1.82) is 0 Å². The van der Waals surface area contributed by atoms with E-state index >= 15 is 0 Å². The van der Waals surface area contributed by atoms with Gasteiger partial charge in [0.15, 0.2) is 0 Å². The van der Waals surface area contributed by atoms with Gasteiger partial charge in [-0.1, -0.05) is 5.21 Å². The van der Waals surface area contributed by atoms with Crippen LogP contribution in [0.2, 0.25) is 0 Å². The topological polar surface area (TPSA) is 59.4 Å². The Bertz CT molecular complexity index is 337. The molecule has 6 heteroatoms. The number of nitrogens with zero attached hydrogens (tertiary/aromatic N) is 4. The summed E-state index contributed by atoms with van der Waals surface area (Å²) in [5.74, 6) is 0.610. The number of thiol groups is 1. The first-order chi connectivity index (χ1) is 5.38. The highest BCUT2D eigenvalue weighted by Gasteiger charge is 2.03. The SMILES string of the molecule is Sc1[nH]nnc1-n1cccn1. The normalized spacial score (nSPS) is 10.3. The molecule has 5 nitrogen and oxygen atoms in total. The molecule has 11 heavy (non-hydrogen) atoms. The maximum Gasteiger partial charge on any atom is 0.209 e. The van der Waals surface area contributed by atoms with Crippen LogP contribution < -0.4 is 0 Å². The Balaban J connectivity index is 2.53. The Labute approximate surface area is 67.8 Å². The molecule has 0 saturated heterocycles. The second-order valence-corrected chi connectivity index (χ2v) is 2.38. The lowest BCUT2D eigenvalue weighted by Crippen LogP contribution is -1.95. The van der Waals surface area contributed by atoms with Crippen LogP contribution in [0.5, 0.6) is 0 Å². The smallest absolute Gasteiger partial charge is 0.209 e. The van der Waals surface area contributed by atoms with Gasteiger partial charge in [-0.15, -0.1) is 17.7 Å². The highest BCUT2D eigenvalue weighted by atomic mass is 32.1. The average Bonchev–Trinajstić information content (AvgIpc) is 2.55. The summed E-state index contributed by atoms with van der Waals surface area (Å²) in [4.78, 5) is 0. The summed E-state index contributed by atoms with van der Waals surface area (Å²) in [5, 5.41) is 14.5. The summed E-state index contributed by atoms with van der Waals surface area (Å²) in [6, 6.07) is 1.81. The van der Waals surface area contributed by atoms with Crippen molar-refractivity contribution in [3.05, 3.63) is 18.5 Å². The molecule has 0 aliphatic carbocycles. The van der Waals surface area contributed by atoms with Crippen molar-refractivity contribution in [1.82, 2.24) is 25.2 Å². The summed E-state index contributed by atoms with van der Waals surface area (Å²) in [7, 11) is 0. The Morgan fingerprint density at radius 2 is 2.45 bits per heavy atom. The zero-order valence-electron chi connectivity index (χ0n) is 5.47. The molecule has 0 amide bonds. The molecule has 0 unspecified atom stereocenters. The lowest BCUT2D eigenvalue weighted by Gasteiger charge is -1.92. The molecule has 0 saturated carbocycles. The van der Waals surface area contributed by atoms with E-state index in [4.69, 9.17) is 0 Å². The third-order valence-corrected chi connectivity index (χ3v) is 1.53. The van der Waals surface area contributed by atoms with Crippen molar-refractivity contribution in [2.24, 2.45) is 0 Å². The highest BCUT2D eigenvalue weighted by Crippen LogP contribution is 2.09. The van der Waals surface area contributed by atoms with Crippen LogP contribution in [0.1, 0.15) is 0 Å². The molecule has 2 rings (SSSR count). The van der Waals surface area contributed by atoms with E-state index in [0.29, 0.717) is 10.8 Å². The molecule has 0 fully saturated rings. The Kier molecular flexibility index (Phi) is 1.39. The minimum Gasteiger partial charge on any atom is -0.250 e. The van der Waals surface area contributed by atoms with E-state index in [0.717, 1.165) is 0 Å². The van der Waals surface area contributed by atoms with Crippen molar-refractivity contribution in [3.8, 4) is 5.82 Å². The standard InChI is InChI=1S/C5H5N5S/c11-5-4(7-9-8-5)10-3-1-2-6-10/h1-3H,(H2,7,8,9,11). The number of hydrogen-bond acceptors (Lipinski definition) is 4. The Morgan fingerprint density at radius 1 is 1.55 bits per heavy atom. The van der Waals surface area contributed by atoms with E-state index in [1.54, 1.807) is 17.1 Å². The summed E-state index contributed by atoms with van der Waals surface area (Å²) in [5.41, 5.74) is 0. The number of H-pyrrole nitrogens is 1. The lowest BCUT2D eigenvalue weighted by molar-refractivity contribution is 0.823. The van der Waals surface area contributed by atoms with Crippen molar-refractivity contribution in [3.63, 3.8) is 0 Å². The molecular weight excluding hydrogens is 162 g/mol. The quantitative estimate of drug-likeness (QED) is 0.600. The van der Waals surface area contributed by atoms with Gasteiger partial charge in [-0.05, 0) is 6.07 Å². The molecule has 56 valence electrons. The van der Waals surface area contributed by atoms with E-state index < -0.39 is 0 Å². The maximum atomic E-state index is 4.09. The largest absolute Gasteiger partial charge is 0.250 e. The van der Waals surface area contributed by atoms with Gasteiger partial charge < -0.3 is 0 Å². The predicted octanol–water partition coefficient (Wildman–Crippen LogP) is 0.279. The van der Waals surface area contributed by atoms with Gasteiger partial charge in [-0.25, -0.2) is 9.78 Å². The van der Waals surface area contributed by atoms with E-state index in [2.05, 4.69) is 33.1 Å². The van der Waals surface area contributed by atoms with Crippen molar-refractivity contribution < 1.29 is 0 Å². The summed E-state index contributed by atoms with van der Waals surface area (Å²) < 4.78 is 1.59. The first-order valence-corrected chi connectivity index (χ1v) is 3.42. The molecule has 0 radical (unpaired) electrons. The van der Waals surface area contributed by atoms with E-state index in [1.807, 2.05) is 6.07 Å². The van der Waals surface area contributed by atoms with Gasteiger partial charge in [0.25, 0.3) is 0 Å². The van der Waals surface area contributed by atoms with Crippen molar-refractivity contribution in [2.75, 3.05) is 0 Å². The van der Waals surface area contributed by atoms with Gasteiger partial charge in [0.1, 0.15) is 5.03 Å². The zero-order valence-corrected chi connectivity index (χ0v) is 6.36. The molecule has 0 aliphatic heterocycles. The predicted molar refractivity (Wildman–Crippen MR) is 40.8 cm³/mol. The van der Waals surface area contributed by atoms with Crippen LogP contribution in [0.25, 0.3) is 5.82 Å². The fourth-order valence-electron chi connectivity index (χ4n) is 0.766. The number of hydrogen-bond donors (Lipinski definition) is 2. The minimum atomic E-state index is 0.605. The fourth-order valence-corrected chi connectivity index (χ4v) is 0.957. The van der Waals surface area contributed by atoms with Crippen LogP contribution in [0.4, 0.5) is 0 Å². The first kappa shape index (κ1) is 6.41. The van der Waals surface area contributed by atoms with Crippen molar-refractivity contribution >= 4 is 12.6 Å². The maximum absolute atomic E-state index is 4.09.